The molecule has 84 valence electrons. The van der Waals surface area contributed by atoms with Crippen molar-refractivity contribution < 1.29 is 4.79 Å². The summed E-state index contributed by atoms with van der Waals surface area (Å²) in [6.07, 6.45) is 6.79. The molecule has 0 aromatic rings. The van der Waals surface area contributed by atoms with Crippen molar-refractivity contribution in [3.63, 3.8) is 0 Å². The van der Waals surface area contributed by atoms with E-state index in [1.165, 1.54) is 18.4 Å². The molecule has 0 amide bonds. The Hall–Kier alpha value is -0.590. The normalized spacial score (nSPS) is 39.6. The summed E-state index contributed by atoms with van der Waals surface area (Å²) >= 11 is 0. The fourth-order valence-electron chi connectivity index (χ4n) is 3.60. The monoisotopic (exact) mass is 206 g/mol. The lowest BCUT2D eigenvalue weighted by Crippen LogP contribution is -2.44. The van der Waals surface area contributed by atoms with Gasteiger partial charge in [-0.2, -0.15) is 0 Å². The predicted molar refractivity (Wildman–Crippen MR) is 62.6 cm³/mol. The van der Waals surface area contributed by atoms with Crippen LogP contribution < -0.4 is 0 Å². The number of hydrogen-bond donors (Lipinski definition) is 0. The Kier molecular flexibility index (Phi) is 2.33. The van der Waals surface area contributed by atoms with Crippen LogP contribution in [0.1, 0.15) is 53.4 Å². The molecule has 0 spiro atoms. The maximum Gasteiger partial charge on any atom is 0.145 e. The minimum atomic E-state index is -0.139. The summed E-state index contributed by atoms with van der Waals surface area (Å²) in [6, 6.07) is 0. The number of carbonyl (C=O) groups is 1. The zero-order valence-corrected chi connectivity index (χ0v) is 10.4. The van der Waals surface area contributed by atoms with Crippen LogP contribution in [0.2, 0.25) is 0 Å². The van der Waals surface area contributed by atoms with E-state index in [2.05, 4.69) is 33.8 Å². The summed E-state index contributed by atoms with van der Waals surface area (Å²) in [5.74, 6) is 0.709. The van der Waals surface area contributed by atoms with E-state index >= 15 is 0 Å². The molecule has 0 radical (unpaired) electrons. The predicted octanol–water partition coefficient (Wildman–Crippen LogP) is 3.74. The molecular formula is C14H22O. The zero-order valence-electron chi connectivity index (χ0n) is 10.4. The van der Waals surface area contributed by atoms with Gasteiger partial charge < -0.3 is 0 Å². The molecule has 0 unspecified atom stereocenters. The summed E-state index contributed by atoms with van der Waals surface area (Å²) in [5, 5.41) is 0. The van der Waals surface area contributed by atoms with E-state index in [0.717, 1.165) is 12.8 Å². The van der Waals surface area contributed by atoms with Crippen molar-refractivity contribution in [2.45, 2.75) is 53.4 Å². The first kappa shape index (κ1) is 10.9. The minimum Gasteiger partial charge on any atom is -0.298 e. The third-order valence-corrected chi connectivity index (χ3v) is 4.47. The Morgan fingerprint density at radius 1 is 1.27 bits per heavy atom. The van der Waals surface area contributed by atoms with Crippen LogP contribution in [0, 0.1) is 16.7 Å². The second-order valence-electron chi connectivity index (χ2n) is 6.19. The molecule has 0 bridgehead atoms. The molecule has 15 heavy (non-hydrogen) atoms. The number of Topliss-reactive ketones (excluding diaryl/α,β-unsaturated/α-hetero) is 1. The number of hydrogen-bond acceptors (Lipinski definition) is 1. The molecule has 0 aromatic carbocycles. The fourth-order valence-corrected chi connectivity index (χ4v) is 3.60. The molecule has 2 atom stereocenters. The average Bonchev–Trinajstić information content (AvgIpc) is 2.12. The van der Waals surface area contributed by atoms with Gasteiger partial charge in [0.15, 0.2) is 0 Å². The molecule has 2 aliphatic carbocycles. The molecule has 0 aliphatic heterocycles. The van der Waals surface area contributed by atoms with E-state index in [0.29, 0.717) is 5.78 Å². The summed E-state index contributed by atoms with van der Waals surface area (Å²) < 4.78 is 0. The first-order valence-corrected chi connectivity index (χ1v) is 6.13. The summed E-state index contributed by atoms with van der Waals surface area (Å²) in [4.78, 5) is 12.3. The molecule has 1 nitrogen and oxygen atoms in total. The molecule has 2 aliphatic rings. The van der Waals surface area contributed by atoms with Crippen molar-refractivity contribution in [2.75, 3.05) is 0 Å². The SMILES string of the molecule is C[C@@H]1CC=C2C(C)(C)CCC[C@]2(C)C1=O. The largest absolute Gasteiger partial charge is 0.298 e. The van der Waals surface area contributed by atoms with E-state index in [-0.39, 0.29) is 16.7 Å². The van der Waals surface area contributed by atoms with Gasteiger partial charge in [-0.05, 0) is 31.6 Å². The molecule has 1 heteroatoms. The second-order valence-corrected chi connectivity index (χ2v) is 6.19. The molecule has 0 aromatic heterocycles. The van der Waals surface area contributed by atoms with E-state index in [1.54, 1.807) is 0 Å². The van der Waals surface area contributed by atoms with Crippen molar-refractivity contribution in [1.82, 2.24) is 0 Å². The van der Waals surface area contributed by atoms with Gasteiger partial charge in [-0.3, -0.25) is 4.79 Å². The number of allylic oxidation sites excluding steroid dienone is 2. The van der Waals surface area contributed by atoms with Crippen LogP contribution in [-0.2, 0) is 4.79 Å². The van der Waals surface area contributed by atoms with Gasteiger partial charge >= 0.3 is 0 Å². The van der Waals surface area contributed by atoms with E-state index in [4.69, 9.17) is 0 Å². The van der Waals surface area contributed by atoms with Gasteiger partial charge in [0, 0.05) is 11.3 Å². The van der Waals surface area contributed by atoms with Crippen molar-refractivity contribution in [3.05, 3.63) is 11.6 Å². The Bertz CT molecular complexity index is 324. The Labute approximate surface area is 92.9 Å². The van der Waals surface area contributed by atoms with Crippen LogP contribution in [0.25, 0.3) is 0 Å². The van der Waals surface area contributed by atoms with Crippen molar-refractivity contribution in [2.24, 2.45) is 16.7 Å². The van der Waals surface area contributed by atoms with Gasteiger partial charge in [-0.15, -0.1) is 0 Å². The Morgan fingerprint density at radius 3 is 2.60 bits per heavy atom. The fraction of sp³-hybridized carbons (Fsp3) is 0.786. The van der Waals surface area contributed by atoms with Crippen LogP contribution in [-0.4, -0.2) is 5.78 Å². The first-order chi connectivity index (χ1) is 6.88. The van der Waals surface area contributed by atoms with Crippen LogP contribution in [0.15, 0.2) is 11.6 Å². The van der Waals surface area contributed by atoms with E-state index in [1.807, 2.05) is 0 Å². The highest BCUT2D eigenvalue weighted by atomic mass is 16.1. The van der Waals surface area contributed by atoms with Crippen molar-refractivity contribution in [3.8, 4) is 0 Å². The van der Waals surface area contributed by atoms with Gasteiger partial charge in [-0.25, -0.2) is 0 Å². The van der Waals surface area contributed by atoms with Gasteiger partial charge in [0.1, 0.15) is 5.78 Å². The Balaban J connectivity index is 2.47. The first-order valence-electron chi connectivity index (χ1n) is 6.13. The lowest BCUT2D eigenvalue weighted by atomic mass is 9.55. The molecular weight excluding hydrogens is 184 g/mol. The molecule has 2 rings (SSSR count). The van der Waals surface area contributed by atoms with Gasteiger partial charge in [0.25, 0.3) is 0 Å². The number of carbonyl (C=O) groups excluding carboxylic acids is 1. The molecule has 0 saturated heterocycles. The smallest absolute Gasteiger partial charge is 0.145 e. The second kappa shape index (κ2) is 3.20. The summed E-state index contributed by atoms with van der Waals surface area (Å²) in [5.41, 5.74) is 1.52. The highest BCUT2D eigenvalue weighted by Gasteiger charge is 2.48. The third-order valence-electron chi connectivity index (χ3n) is 4.47. The van der Waals surface area contributed by atoms with Crippen molar-refractivity contribution in [1.29, 1.82) is 0 Å². The topological polar surface area (TPSA) is 17.1 Å². The number of rotatable bonds is 0. The molecule has 0 heterocycles. The molecule has 0 N–H and O–H groups in total. The third kappa shape index (κ3) is 1.47. The van der Waals surface area contributed by atoms with Crippen LogP contribution in [0.3, 0.4) is 0 Å². The van der Waals surface area contributed by atoms with E-state index in [9.17, 15) is 4.79 Å². The quantitative estimate of drug-likeness (QED) is 0.552. The zero-order chi connectivity index (χ0) is 11.3. The van der Waals surface area contributed by atoms with E-state index < -0.39 is 0 Å². The highest BCUT2D eigenvalue weighted by molar-refractivity contribution is 5.91. The minimum absolute atomic E-state index is 0.139. The van der Waals surface area contributed by atoms with Gasteiger partial charge in [0.2, 0.25) is 0 Å². The van der Waals surface area contributed by atoms with Gasteiger partial charge in [-0.1, -0.05) is 38.8 Å². The molecule has 1 saturated carbocycles. The number of fused-ring (bicyclic) bond motifs is 1. The lowest BCUT2D eigenvalue weighted by molar-refractivity contribution is -0.132. The van der Waals surface area contributed by atoms with Crippen molar-refractivity contribution >= 4 is 5.78 Å². The number of ketones is 1. The lowest BCUT2D eigenvalue weighted by Gasteiger charge is -2.48. The highest BCUT2D eigenvalue weighted by Crippen LogP contribution is 2.54. The standard InChI is InChI=1S/C14H22O/c1-10-6-7-11-13(2,3)8-5-9-14(11,4)12(10)15/h7,10H,5-6,8-9H2,1-4H3/t10-,14+/m1/s1. The summed E-state index contributed by atoms with van der Waals surface area (Å²) in [7, 11) is 0. The van der Waals surface area contributed by atoms with Gasteiger partial charge in [0.05, 0.1) is 0 Å². The maximum atomic E-state index is 12.3. The molecule has 1 fully saturated rings. The summed E-state index contributed by atoms with van der Waals surface area (Å²) in [6.45, 7) is 8.82. The maximum absolute atomic E-state index is 12.3. The Morgan fingerprint density at radius 2 is 1.93 bits per heavy atom. The van der Waals surface area contributed by atoms with Crippen LogP contribution >= 0.6 is 0 Å². The van der Waals surface area contributed by atoms with Crippen LogP contribution in [0.4, 0.5) is 0 Å². The van der Waals surface area contributed by atoms with Crippen LogP contribution in [0.5, 0.6) is 0 Å². The average molecular weight is 206 g/mol.